The van der Waals surface area contributed by atoms with E-state index < -0.39 is 20.6 Å². The molecule has 1 heterocycles. The fourth-order valence-corrected chi connectivity index (χ4v) is 4.09. The Bertz CT molecular complexity index is 843. The van der Waals surface area contributed by atoms with Gasteiger partial charge in [-0.15, -0.1) is 0 Å². The Hall–Kier alpha value is 0.380. The van der Waals surface area contributed by atoms with Crippen LogP contribution in [-0.2, 0) is 30.2 Å². The smallest absolute Gasteiger partial charge is 0.750 e. The maximum absolute atomic E-state index is 11.0. The fourth-order valence-electron chi connectivity index (χ4n) is 3.91. The van der Waals surface area contributed by atoms with Gasteiger partial charge >= 0.3 is 68.4 Å². The van der Waals surface area contributed by atoms with E-state index in [1.54, 1.807) is 0 Å². The number of nitrogens with one attached hydrogen (secondary N) is 1. The number of carbonyl (C=O) groups is 1. The molecule has 5 atom stereocenters. The van der Waals surface area contributed by atoms with Crippen LogP contribution in [-0.4, -0.2) is 39.8 Å². The summed E-state index contributed by atoms with van der Waals surface area (Å²) in [7, 11) is 0.376. The molecule has 9 nitrogen and oxygen atoms in total. The van der Waals surface area contributed by atoms with Crippen molar-refractivity contribution in [3.63, 3.8) is 0 Å². The second kappa shape index (κ2) is 13.8. The van der Waals surface area contributed by atoms with Gasteiger partial charge in [-0.3, -0.25) is 4.79 Å². The maximum atomic E-state index is 11.0. The maximum Gasteiger partial charge on any atom is 1.00 e. The van der Waals surface area contributed by atoms with Crippen molar-refractivity contribution in [3.8, 4) is 0 Å². The van der Waals surface area contributed by atoms with Gasteiger partial charge < -0.3 is 14.4 Å². The summed E-state index contributed by atoms with van der Waals surface area (Å²) in [6.45, 7) is 0. The summed E-state index contributed by atoms with van der Waals surface area (Å²) in [5.41, 5.74) is 0. The molecule has 1 aliphatic heterocycles. The fraction of sp³-hybridized carbons (Fsp3) is 0.500. The topological polar surface area (TPSA) is 153 Å². The van der Waals surface area contributed by atoms with Crippen LogP contribution in [0.2, 0.25) is 0 Å². The van der Waals surface area contributed by atoms with Crippen LogP contribution >= 0.6 is 10.7 Å². The minimum absolute atomic E-state index is 0. The molecule has 2 N–H and O–H groups in total. The van der Waals surface area contributed by atoms with Crippen molar-refractivity contribution in [3.05, 3.63) is 36.5 Å². The van der Waals surface area contributed by atoms with Gasteiger partial charge in [0.25, 0.3) is 6.08 Å². The van der Waals surface area contributed by atoms with E-state index in [4.69, 9.17) is 18.1 Å². The van der Waals surface area contributed by atoms with Crippen LogP contribution in [0.1, 0.15) is 12.8 Å². The quantitative estimate of drug-likeness (QED) is 0.0704. The van der Waals surface area contributed by atoms with Crippen LogP contribution in [0.3, 0.4) is 0 Å². The zero-order valence-corrected chi connectivity index (χ0v) is 22.8. The predicted molar refractivity (Wildman–Crippen MR) is 100 cm³/mol. The van der Waals surface area contributed by atoms with Gasteiger partial charge in [-0.1, -0.05) is 40.9 Å². The van der Waals surface area contributed by atoms with E-state index in [1.807, 2.05) is 0 Å². The monoisotopic (exact) mass is 495 g/mol. The number of nitrogens with zero attached hydrogens (tertiary/aromatic N) is 1. The van der Waals surface area contributed by atoms with Crippen molar-refractivity contribution in [1.82, 2.24) is 5.32 Å². The van der Waals surface area contributed by atoms with Crippen molar-refractivity contribution >= 4 is 43.3 Å². The third kappa shape index (κ3) is 9.48. The Kier molecular flexibility index (Phi) is 14.0. The number of carbonyl (C=O) groups excluding carboxylic acids is 2. The van der Waals surface area contributed by atoms with Crippen molar-refractivity contribution in [2.24, 2.45) is 34.0 Å². The number of β-lactam (4-membered cyclic amide) rings is 1. The van der Waals surface area contributed by atoms with E-state index in [0.29, 0.717) is 23.8 Å². The van der Waals surface area contributed by atoms with Gasteiger partial charge in [0, 0.05) is 16.7 Å². The average molecular weight is 496 g/mol. The molecule has 0 aromatic heterocycles. The molecule has 5 aliphatic rings. The molecule has 0 radical (unpaired) electrons. The summed E-state index contributed by atoms with van der Waals surface area (Å²) in [4.78, 5) is 20.0. The van der Waals surface area contributed by atoms with E-state index in [-0.39, 0.29) is 65.0 Å². The Morgan fingerprint density at radius 3 is 1.80 bits per heavy atom. The molecule has 14 heteroatoms. The number of rotatable bonds is 1. The molecular formula is C16H18ClN2Na2O7S2+. The normalized spacial score (nSPS) is 32.6. The van der Waals surface area contributed by atoms with E-state index in [9.17, 15) is 13.2 Å². The SMILES string of the molecule is C1=CC2C=CC1C2.O=C1NC2C3C=CC(C3)C12.O=C=NS(=O)(=O)Cl.O=S([O-])O.[Na+].[Na+]. The molecular weight excluding hydrogens is 478 g/mol. The molecule has 30 heavy (non-hydrogen) atoms. The van der Waals surface area contributed by atoms with Gasteiger partial charge in [-0.2, -0.15) is 8.42 Å². The average Bonchev–Trinajstić information content (AvgIpc) is 3.33. The minimum Gasteiger partial charge on any atom is -0.750 e. The number of allylic oxidation sites excluding steroid dienone is 5. The zero-order chi connectivity index (χ0) is 20.9. The van der Waals surface area contributed by atoms with E-state index in [2.05, 4.69) is 56.9 Å². The van der Waals surface area contributed by atoms with Crippen LogP contribution in [0.15, 0.2) is 40.9 Å². The Morgan fingerprint density at radius 1 is 1.10 bits per heavy atom. The van der Waals surface area contributed by atoms with Gasteiger partial charge in [-0.05, 0) is 36.5 Å². The van der Waals surface area contributed by atoms with Crippen LogP contribution < -0.4 is 64.4 Å². The van der Waals surface area contributed by atoms with Crippen molar-refractivity contribution in [2.75, 3.05) is 0 Å². The summed E-state index contributed by atoms with van der Waals surface area (Å²) in [5.74, 6) is 3.52. The number of hydrogen-bond donors (Lipinski definition) is 2. The second-order valence-electron chi connectivity index (χ2n) is 6.65. The van der Waals surface area contributed by atoms with Gasteiger partial charge in [0.2, 0.25) is 5.91 Å². The van der Waals surface area contributed by atoms with Gasteiger partial charge in [0.1, 0.15) is 0 Å². The molecule has 0 aromatic rings. The summed E-state index contributed by atoms with van der Waals surface area (Å²) in [6, 6.07) is 0.516. The minimum atomic E-state index is -4.00. The first-order valence-electron chi connectivity index (χ1n) is 8.28. The van der Waals surface area contributed by atoms with Crippen LogP contribution in [0.5, 0.6) is 0 Å². The summed E-state index contributed by atoms with van der Waals surface area (Å²) in [5, 5.41) is 2.95. The molecule has 4 bridgehead atoms. The first kappa shape index (κ1) is 30.4. The Labute approximate surface area is 226 Å². The largest absolute Gasteiger partial charge is 1.00 e. The van der Waals surface area contributed by atoms with E-state index in [1.165, 1.54) is 12.8 Å². The summed E-state index contributed by atoms with van der Waals surface area (Å²) >= 11 is -2.86. The Balaban J connectivity index is 0.000000384. The van der Waals surface area contributed by atoms with E-state index >= 15 is 0 Å². The number of amides is 1. The van der Waals surface area contributed by atoms with Crippen molar-refractivity contribution in [2.45, 2.75) is 18.9 Å². The number of isocyanates is 1. The van der Waals surface area contributed by atoms with Gasteiger partial charge in [0.15, 0.2) is 0 Å². The van der Waals surface area contributed by atoms with Gasteiger partial charge in [-0.25, -0.2) is 9.00 Å². The number of halogens is 1. The summed E-state index contributed by atoms with van der Waals surface area (Å²) < 4.78 is 45.4. The molecule has 0 spiro atoms. The predicted octanol–water partition coefficient (Wildman–Crippen LogP) is -4.79. The molecule has 2 fully saturated rings. The third-order valence-corrected chi connectivity index (χ3v) is 5.47. The first-order chi connectivity index (χ1) is 13.1. The zero-order valence-electron chi connectivity index (χ0n) is 16.4. The van der Waals surface area contributed by atoms with Crippen LogP contribution in [0.4, 0.5) is 0 Å². The molecule has 5 rings (SSSR count). The number of fused-ring (bicyclic) bond motifs is 7. The van der Waals surface area contributed by atoms with Crippen molar-refractivity contribution in [1.29, 1.82) is 0 Å². The van der Waals surface area contributed by atoms with Gasteiger partial charge in [0.05, 0.1) is 17.3 Å². The summed E-state index contributed by atoms with van der Waals surface area (Å²) in [6.07, 6.45) is 17.0. The third-order valence-electron chi connectivity index (χ3n) is 4.97. The molecule has 154 valence electrons. The van der Waals surface area contributed by atoms with Crippen molar-refractivity contribution < 1.29 is 90.4 Å². The standard InChI is InChI=1S/C8H9NO.C7H8.CClNO3S.2Na.H2O3S/c10-8-6-4-1-2-5(3-4)7(6)9-8;1-2-7-4-3-6(1)5-7;2-7(5,6)3-1-4;;;1-4(2)3/h1-2,4-7H,3H2,(H,9,10);1-4,6-7H,5H2;;;;(H2,1,2,3)/q;;;2*+1;/p-1. The van der Waals surface area contributed by atoms with E-state index in [0.717, 1.165) is 17.9 Å². The molecule has 1 saturated carbocycles. The Morgan fingerprint density at radius 2 is 1.57 bits per heavy atom. The first-order valence-corrected chi connectivity index (χ1v) is 11.6. The second-order valence-corrected chi connectivity index (χ2v) is 9.26. The molecule has 4 aliphatic carbocycles. The van der Waals surface area contributed by atoms with Crippen LogP contribution in [0.25, 0.3) is 0 Å². The molecule has 1 saturated heterocycles. The number of hydrogen-bond acceptors (Lipinski definition) is 6. The molecule has 5 unspecified atom stereocenters. The molecule has 1 amide bonds. The molecule has 0 aromatic carbocycles. The van der Waals surface area contributed by atoms with Crippen LogP contribution in [0, 0.1) is 29.6 Å².